The number of benzene rings is 2. The quantitative estimate of drug-likeness (QED) is 0.447. The molecule has 2 aromatic rings. The molecule has 3 rings (SSSR count). The highest BCUT2D eigenvalue weighted by atomic mass is 16.5. The van der Waals surface area contributed by atoms with Gasteiger partial charge in [-0.3, -0.25) is 14.4 Å². The maximum Gasteiger partial charge on any atom is 0.407 e. The Hall–Kier alpha value is -3.88. The van der Waals surface area contributed by atoms with Crippen molar-refractivity contribution in [1.82, 2.24) is 16.0 Å². The highest BCUT2D eigenvalue weighted by molar-refractivity contribution is 5.92. The summed E-state index contributed by atoms with van der Waals surface area (Å²) < 4.78 is 5.45. The lowest BCUT2D eigenvalue weighted by Gasteiger charge is -2.23. The van der Waals surface area contributed by atoms with E-state index in [0.717, 1.165) is 22.3 Å². The predicted molar refractivity (Wildman–Crippen MR) is 125 cm³/mol. The van der Waals surface area contributed by atoms with Crippen LogP contribution >= 0.6 is 0 Å². The van der Waals surface area contributed by atoms with E-state index in [2.05, 4.69) is 16.0 Å². The van der Waals surface area contributed by atoms with Crippen molar-refractivity contribution in [3.8, 4) is 11.1 Å². The molecule has 9 nitrogen and oxygen atoms in total. The first kappa shape index (κ1) is 24.8. The number of fused-ring (bicyclic) bond motifs is 3. The molecule has 0 saturated heterocycles. The lowest BCUT2D eigenvalue weighted by atomic mass is 9.98. The number of ether oxygens (including phenoxy) is 1. The van der Waals surface area contributed by atoms with Gasteiger partial charge in [-0.15, -0.1) is 0 Å². The van der Waals surface area contributed by atoms with E-state index in [0.29, 0.717) is 0 Å². The number of alkyl carbamates (subject to hydrolysis) is 1. The molecule has 0 aromatic heterocycles. The molecule has 1 aliphatic carbocycles. The maximum absolute atomic E-state index is 12.5. The number of carboxylic acids is 1. The summed E-state index contributed by atoms with van der Waals surface area (Å²) in [7, 11) is 0. The Balaban J connectivity index is 1.56. The van der Waals surface area contributed by atoms with Crippen molar-refractivity contribution in [1.29, 1.82) is 0 Å². The van der Waals surface area contributed by atoms with Gasteiger partial charge in [0.15, 0.2) is 0 Å². The Morgan fingerprint density at radius 1 is 0.882 bits per heavy atom. The number of carboxylic acid groups (broad SMARTS) is 1. The number of carbonyl (C=O) groups is 4. The minimum atomic E-state index is -1.19. The van der Waals surface area contributed by atoms with Crippen molar-refractivity contribution in [2.75, 3.05) is 13.2 Å². The van der Waals surface area contributed by atoms with Crippen LogP contribution in [0.5, 0.6) is 0 Å². The summed E-state index contributed by atoms with van der Waals surface area (Å²) in [5.41, 5.74) is 4.38. The third-order valence-corrected chi connectivity index (χ3v) is 5.73. The minimum absolute atomic E-state index is 0.106. The molecule has 2 aromatic carbocycles. The zero-order valence-corrected chi connectivity index (χ0v) is 19.3. The summed E-state index contributed by atoms with van der Waals surface area (Å²) in [6.07, 6.45) is -0.749. The molecule has 0 heterocycles. The lowest BCUT2D eigenvalue weighted by molar-refractivity contribution is -0.138. The first-order valence-corrected chi connectivity index (χ1v) is 11.1. The van der Waals surface area contributed by atoms with Gasteiger partial charge in [0.05, 0.1) is 0 Å². The third-order valence-electron chi connectivity index (χ3n) is 5.73. The van der Waals surface area contributed by atoms with Crippen LogP contribution in [0.15, 0.2) is 48.5 Å². The molecule has 0 fully saturated rings. The normalized spacial score (nSPS) is 13.9. The van der Waals surface area contributed by atoms with Gasteiger partial charge in [-0.1, -0.05) is 62.4 Å². The van der Waals surface area contributed by atoms with Gasteiger partial charge in [0, 0.05) is 5.92 Å². The van der Waals surface area contributed by atoms with Gasteiger partial charge in [0.1, 0.15) is 25.2 Å². The van der Waals surface area contributed by atoms with Crippen molar-refractivity contribution in [3.63, 3.8) is 0 Å². The largest absolute Gasteiger partial charge is 0.480 e. The second-order valence-corrected chi connectivity index (χ2v) is 8.53. The van der Waals surface area contributed by atoms with Crippen LogP contribution in [0.2, 0.25) is 0 Å². The molecular weight excluding hydrogens is 438 g/mol. The summed E-state index contributed by atoms with van der Waals surface area (Å²) in [4.78, 5) is 47.9. The Morgan fingerprint density at radius 3 is 1.97 bits per heavy atom. The van der Waals surface area contributed by atoms with E-state index < -0.39 is 42.5 Å². The molecule has 9 heteroatoms. The number of amides is 3. The second-order valence-electron chi connectivity index (χ2n) is 8.53. The van der Waals surface area contributed by atoms with Crippen LogP contribution in [0.25, 0.3) is 11.1 Å². The Kier molecular flexibility index (Phi) is 7.88. The zero-order valence-electron chi connectivity index (χ0n) is 19.3. The van der Waals surface area contributed by atoms with Crippen LogP contribution in [0.3, 0.4) is 0 Å². The molecule has 180 valence electrons. The highest BCUT2D eigenvalue weighted by Gasteiger charge is 2.30. The second kappa shape index (κ2) is 10.8. The van der Waals surface area contributed by atoms with Crippen LogP contribution in [0.4, 0.5) is 4.79 Å². The Labute approximate surface area is 197 Å². The molecule has 4 N–H and O–H groups in total. The summed E-state index contributed by atoms with van der Waals surface area (Å²) in [6.45, 7) is 4.47. The van der Waals surface area contributed by atoms with Gasteiger partial charge >= 0.3 is 12.1 Å². The van der Waals surface area contributed by atoms with Gasteiger partial charge in [-0.05, 0) is 35.1 Å². The first-order chi connectivity index (χ1) is 16.2. The average molecular weight is 468 g/mol. The number of nitrogens with one attached hydrogen (secondary N) is 3. The summed E-state index contributed by atoms with van der Waals surface area (Å²) in [5.74, 6) is -2.78. The lowest BCUT2D eigenvalue weighted by Crippen LogP contribution is -2.55. The molecule has 3 amide bonds. The van der Waals surface area contributed by atoms with Gasteiger partial charge in [-0.25, -0.2) is 4.79 Å². The van der Waals surface area contributed by atoms with Crippen LogP contribution in [0, 0.1) is 5.92 Å². The van der Waals surface area contributed by atoms with Gasteiger partial charge < -0.3 is 25.8 Å². The number of carbonyl (C=O) groups excluding carboxylic acids is 3. The predicted octanol–water partition coefficient (Wildman–Crippen LogP) is 2.26. The number of aliphatic carboxylic acids is 1. The van der Waals surface area contributed by atoms with Crippen LogP contribution < -0.4 is 16.0 Å². The number of rotatable bonds is 9. The minimum Gasteiger partial charge on any atom is -0.480 e. The van der Waals surface area contributed by atoms with Gasteiger partial charge in [0.2, 0.25) is 11.8 Å². The molecule has 0 bridgehead atoms. The Bertz CT molecular complexity index is 1040. The Morgan fingerprint density at radius 2 is 1.44 bits per heavy atom. The molecule has 2 atom stereocenters. The van der Waals surface area contributed by atoms with E-state index in [1.165, 1.54) is 6.92 Å². The zero-order chi connectivity index (χ0) is 24.8. The van der Waals surface area contributed by atoms with E-state index in [4.69, 9.17) is 9.84 Å². The van der Waals surface area contributed by atoms with E-state index in [1.54, 1.807) is 13.8 Å². The summed E-state index contributed by atoms with van der Waals surface area (Å²) >= 11 is 0. The fourth-order valence-electron chi connectivity index (χ4n) is 3.97. The van der Waals surface area contributed by atoms with Crippen LogP contribution in [0.1, 0.15) is 37.8 Å². The van der Waals surface area contributed by atoms with Gasteiger partial charge in [0.25, 0.3) is 0 Å². The van der Waals surface area contributed by atoms with Crippen LogP contribution in [-0.2, 0) is 19.1 Å². The summed E-state index contributed by atoms with van der Waals surface area (Å²) in [6, 6.07) is 14.0. The number of hydrogen-bond acceptors (Lipinski definition) is 5. The van der Waals surface area contributed by atoms with E-state index in [-0.39, 0.29) is 18.4 Å². The third kappa shape index (κ3) is 5.72. The smallest absolute Gasteiger partial charge is 0.407 e. The fourth-order valence-corrected chi connectivity index (χ4v) is 3.97. The molecule has 0 unspecified atom stereocenters. The topological polar surface area (TPSA) is 134 Å². The monoisotopic (exact) mass is 467 g/mol. The molecule has 0 aliphatic heterocycles. The SMILES string of the molecule is CC(C)[C@H](NC(=O)[C@@H](C)NC(=O)OCC1c2ccccc2-c2ccccc21)C(=O)NCC(=O)O. The van der Waals surface area contributed by atoms with Crippen molar-refractivity contribution in [3.05, 3.63) is 59.7 Å². The summed E-state index contributed by atoms with van der Waals surface area (Å²) in [5, 5.41) is 16.0. The van der Waals surface area contributed by atoms with E-state index >= 15 is 0 Å². The maximum atomic E-state index is 12.5. The highest BCUT2D eigenvalue weighted by Crippen LogP contribution is 2.44. The number of hydrogen-bond donors (Lipinski definition) is 4. The van der Waals surface area contributed by atoms with E-state index in [9.17, 15) is 19.2 Å². The first-order valence-electron chi connectivity index (χ1n) is 11.1. The van der Waals surface area contributed by atoms with Crippen molar-refractivity contribution in [2.24, 2.45) is 5.92 Å². The average Bonchev–Trinajstić information content (AvgIpc) is 3.13. The molecule has 34 heavy (non-hydrogen) atoms. The van der Waals surface area contributed by atoms with Crippen molar-refractivity contribution >= 4 is 23.9 Å². The standard InChI is InChI=1S/C25H29N3O6/c1-14(2)22(24(32)26-12-21(29)30)28-23(31)15(3)27-25(33)34-13-20-18-10-6-4-8-16(18)17-9-5-7-11-19(17)20/h4-11,14-15,20,22H,12-13H2,1-3H3,(H,26,32)(H,27,33)(H,28,31)(H,29,30)/t15-,22+/m1/s1. The molecule has 0 spiro atoms. The van der Waals surface area contributed by atoms with Crippen molar-refractivity contribution < 1.29 is 29.0 Å². The van der Waals surface area contributed by atoms with E-state index in [1.807, 2.05) is 48.5 Å². The van der Waals surface area contributed by atoms with Crippen molar-refractivity contribution in [2.45, 2.75) is 38.8 Å². The molecule has 0 radical (unpaired) electrons. The fraction of sp³-hybridized carbons (Fsp3) is 0.360. The van der Waals surface area contributed by atoms with Gasteiger partial charge in [-0.2, -0.15) is 0 Å². The van der Waals surface area contributed by atoms with Crippen LogP contribution in [-0.4, -0.2) is 54.2 Å². The molecular formula is C25H29N3O6. The molecule has 1 aliphatic rings. The molecule has 0 saturated carbocycles.